The van der Waals surface area contributed by atoms with Gasteiger partial charge < -0.3 is 19.7 Å². The molecule has 1 fully saturated rings. The number of rotatable bonds is 7. The largest absolute Gasteiger partial charge is 0.493 e. The topological polar surface area (TPSA) is 52.0 Å². The van der Waals surface area contributed by atoms with Gasteiger partial charge in [0.15, 0.2) is 11.5 Å². The van der Waals surface area contributed by atoms with E-state index in [9.17, 15) is 9.18 Å². The Morgan fingerprint density at radius 1 is 1.20 bits per heavy atom. The zero-order chi connectivity index (χ0) is 21.3. The van der Waals surface area contributed by atoms with Gasteiger partial charge >= 0.3 is 0 Å². The van der Waals surface area contributed by atoms with E-state index in [-0.39, 0.29) is 29.7 Å². The maximum atomic E-state index is 14.4. The monoisotopic (exact) mass is 413 g/mol. The molecule has 2 N–H and O–H groups in total. The average Bonchev–Trinajstić information content (AvgIpc) is 3.59. The van der Waals surface area contributed by atoms with Crippen LogP contribution in [0.3, 0.4) is 0 Å². The highest BCUT2D eigenvalue weighted by Crippen LogP contribution is 2.35. The summed E-state index contributed by atoms with van der Waals surface area (Å²) >= 11 is 0. The average molecular weight is 414 g/mol. The third-order valence-corrected chi connectivity index (χ3v) is 6.33. The van der Waals surface area contributed by atoms with E-state index in [0.29, 0.717) is 23.6 Å². The molecule has 1 amide bonds. The summed E-state index contributed by atoms with van der Waals surface area (Å²) in [6, 6.07) is 10.9. The van der Waals surface area contributed by atoms with Crippen LogP contribution in [0.2, 0.25) is 0 Å². The Morgan fingerprint density at radius 3 is 2.57 bits per heavy atom. The minimum atomic E-state index is -0.184. The Hall–Kier alpha value is -2.60. The van der Waals surface area contributed by atoms with Gasteiger partial charge in [-0.2, -0.15) is 0 Å². The lowest BCUT2D eigenvalue weighted by atomic mass is 9.87. The smallest absolute Gasteiger partial charge is 0.223 e. The molecule has 0 spiro atoms. The minimum absolute atomic E-state index is 0.00383. The lowest BCUT2D eigenvalue weighted by molar-refractivity contribution is -0.948. The fraction of sp³-hybridized carbons (Fsp3) is 0.458. The summed E-state index contributed by atoms with van der Waals surface area (Å²) in [5.74, 6) is 1.48. The van der Waals surface area contributed by atoms with Crippen molar-refractivity contribution in [2.75, 3.05) is 20.8 Å². The van der Waals surface area contributed by atoms with Crippen LogP contribution in [-0.4, -0.2) is 32.7 Å². The normalized spacial score (nSPS) is 21.5. The first-order valence-corrected chi connectivity index (χ1v) is 10.6. The molecule has 30 heavy (non-hydrogen) atoms. The highest BCUT2D eigenvalue weighted by molar-refractivity contribution is 5.81. The van der Waals surface area contributed by atoms with Crippen LogP contribution in [0.15, 0.2) is 36.4 Å². The van der Waals surface area contributed by atoms with Gasteiger partial charge in [-0.05, 0) is 43.5 Å². The molecule has 0 aromatic heterocycles. The van der Waals surface area contributed by atoms with Crippen molar-refractivity contribution < 1.29 is 23.6 Å². The molecule has 3 atom stereocenters. The molecule has 0 radical (unpaired) electrons. The summed E-state index contributed by atoms with van der Waals surface area (Å²) in [5.41, 5.74) is 3.03. The van der Waals surface area contributed by atoms with Crippen molar-refractivity contribution in [3.63, 3.8) is 0 Å². The van der Waals surface area contributed by atoms with Crippen LogP contribution in [0.4, 0.5) is 4.39 Å². The molecular formula is C24H30FN2O3+. The summed E-state index contributed by atoms with van der Waals surface area (Å²) in [6.45, 7) is 3.47. The minimum Gasteiger partial charge on any atom is -0.493 e. The van der Waals surface area contributed by atoms with E-state index >= 15 is 0 Å². The molecule has 160 valence electrons. The van der Waals surface area contributed by atoms with Crippen LogP contribution in [-0.2, 0) is 17.8 Å². The van der Waals surface area contributed by atoms with Gasteiger partial charge in [0.05, 0.1) is 26.8 Å². The number of nitrogens with one attached hydrogen (secondary N) is 2. The number of hydrogen-bond acceptors (Lipinski definition) is 3. The van der Waals surface area contributed by atoms with Gasteiger partial charge in [0.25, 0.3) is 0 Å². The first-order valence-electron chi connectivity index (χ1n) is 10.6. The highest BCUT2D eigenvalue weighted by Gasteiger charge is 2.39. The van der Waals surface area contributed by atoms with Crippen LogP contribution >= 0.6 is 0 Å². The molecule has 2 aromatic carbocycles. The summed E-state index contributed by atoms with van der Waals surface area (Å²) < 4.78 is 25.4. The predicted octanol–water partition coefficient (Wildman–Crippen LogP) is 2.44. The Kier molecular flexibility index (Phi) is 5.95. The zero-order valence-corrected chi connectivity index (χ0v) is 17.8. The fourth-order valence-corrected chi connectivity index (χ4v) is 4.59. The highest BCUT2D eigenvalue weighted by atomic mass is 19.1. The van der Waals surface area contributed by atoms with Crippen molar-refractivity contribution in [3.8, 4) is 11.5 Å². The number of hydrogen-bond donors (Lipinski definition) is 2. The van der Waals surface area contributed by atoms with Gasteiger partial charge in [0.1, 0.15) is 18.4 Å². The van der Waals surface area contributed by atoms with Crippen molar-refractivity contribution >= 4 is 5.91 Å². The van der Waals surface area contributed by atoms with Gasteiger partial charge in [-0.3, -0.25) is 4.79 Å². The summed E-state index contributed by atoms with van der Waals surface area (Å²) in [5, 5.41) is 3.22. The van der Waals surface area contributed by atoms with Crippen molar-refractivity contribution in [1.82, 2.24) is 5.32 Å². The standard InChI is InChI=1S/C24H29FN2O3/c1-15(26-24(28)16-8-9-16)23-19-13-22(30-3)21(29-2)12-17(19)10-11-27(23)14-18-6-4-5-7-20(18)25/h4-7,12-13,15-16,23H,8-11,14H2,1-3H3,(H,26,28)/p+1/t15-,23+/m0/s1. The van der Waals surface area contributed by atoms with Crippen molar-refractivity contribution in [1.29, 1.82) is 0 Å². The van der Waals surface area contributed by atoms with E-state index in [4.69, 9.17) is 9.47 Å². The molecule has 2 aromatic rings. The van der Waals surface area contributed by atoms with Gasteiger partial charge in [-0.25, -0.2) is 4.39 Å². The molecule has 1 aliphatic heterocycles. The number of carbonyl (C=O) groups is 1. The Bertz CT molecular complexity index is 929. The number of carbonyl (C=O) groups excluding carboxylic acids is 1. The summed E-state index contributed by atoms with van der Waals surface area (Å²) in [6.07, 6.45) is 2.80. The number of fused-ring (bicyclic) bond motifs is 1. The van der Waals surface area contributed by atoms with E-state index in [1.165, 1.54) is 16.5 Å². The first-order chi connectivity index (χ1) is 14.5. The molecule has 1 aliphatic carbocycles. The lowest BCUT2D eigenvalue weighted by Gasteiger charge is -2.38. The Morgan fingerprint density at radius 2 is 1.90 bits per heavy atom. The van der Waals surface area contributed by atoms with E-state index in [0.717, 1.165) is 31.4 Å². The van der Waals surface area contributed by atoms with Gasteiger partial charge in [0.2, 0.25) is 5.91 Å². The Labute approximate surface area is 177 Å². The van der Waals surface area contributed by atoms with Crippen LogP contribution in [0.1, 0.15) is 42.5 Å². The second kappa shape index (κ2) is 8.64. The maximum absolute atomic E-state index is 14.4. The van der Waals surface area contributed by atoms with Crippen molar-refractivity contribution in [3.05, 3.63) is 58.9 Å². The van der Waals surface area contributed by atoms with E-state index < -0.39 is 0 Å². The number of benzene rings is 2. The van der Waals surface area contributed by atoms with Gasteiger partial charge in [-0.15, -0.1) is 0 Å². The third-order valence-electron chi connectivity index (χ3n) is 6.33. The van der Waals surface area contributed by atoms with Gasteiger partial charge in [-0.1, -0.05) is 18.2 Å². The molecular weight excluding hydrogens is 383 g/mol. The van der Waals surface area contributed by atoms with E-state index in [2.05, 4.69) is 12.2 Å². The zero-order valence-electron chi connectivity index (χ0n) is 17.8. The summed E-state index contributed by atoms with van der Waals surface area (Å²) in [4.78, 5) is 13.7. The number of amides is 1. The van der Waals surface area contributed by atoms with Crippen molar-refractivity contribution in [2.45, 2.75) is 44.8 Å². The number of ether oxygens (including phenoxy) is 2. The molecule has 1 saturated carbocycles. The van der Waals surface area contributed by atoms with Crippen LogP contribution < -0.4 is 19.7 Å². The Balaban J connectivity index is 1.69. The third kappa shape index (κ3) is 4.15. The second-order valence-electron chi connectivity index (χ2n) is 8.38. The van der Waals surface area contributed by atoms with Gasteiger partial charge in [0, 0.05) is 23.5 Å². The molecule has 0 saturated heterocycles. The molecule has 0 bridgehead atoms. The lowest BCUT2D eigenvalue weighted by Crippen LogP contribution is -3.13. The SMILES string of the molecule is COc1cc2c(cc1OC)[C@@H]([C@H](C)NC(=O)C1CC1)[NH+](Cc1ccccc1F)CC2. The van der Waals surface area contributed by atoms with Crippen molar-refractivity contribution in [2.24, 2.45) is 5.92 Å². The van der Waals surface area contributed by atoms with E-state index in [1.807, 2.05) is 24.3 Å². The molecule has 2 aliphatic rings. The fourth-order valence-electron chi connectivity index (χ4n) is 4.59. The molecule has 5 nitrogen and oxygen atoms in total. The number of halogens is 1. The molecule has 6 heteroatoms. The molecule has 1 heterocycles. The second-order valence-corrected chi connectivity index (χ2v) is 8.38. The van der Waals surface area contributed by atoms with E-state index in [1.54, 1.807) is 20.3 Å². The number of methoxy groups -OCH3 is 2. The first kappa shape index (κ1) is 20.7. The summed E-state index contributed by atoms with van der Waals surface area (Å²) in [7, 11) is 3.27. The predicted molar refractivity (Wildman–Crippen MR) is 112 cm³/mol. The number of quaternary nitrogens is 1. The quantitative estimate of drug-likeness (QED) is 0.733. The molecule has 4 rings (SSSR count). The maximum Gasteiger partial charge on any atom is 0.223 e. The van der Waals surface area contributed by atoms with Crippen LogP contribution in [0.5, 0.6) is 11.5 Å². The van der Waals surface area contributed by atoms with Crippen LogP contribution in [0, 0.1) is 11.7 Å². The molecule has 1 unspecified atom stereocenters. The van der Waals surface area contributed by atoms with Crippen LogP contribution in [0.25, 0.3) is 0 Å².